The maximum absolute atomic E-state index is 5.57. The van der Waals surface area contributed by atoms with E-state index in [0.717, 1.165) is 31.9 Å². The Morgan fingerprint density at radius 2 is 2.25 bits per heavy atom. The maximum atomic E-state index is 5.57. The molecule has 72 valence electrons. The Kier molecular flexibility index (Phi) is 8.88. The molecule has 0 N–H and O–H groups in total. The standard InChI is InChI=1S/C9H20O2Si/c1-4-6-7-9-12(10-3)11-8-5-2/h4,12H,1,5-9H2,2-3H3. The van der Waals surface area contributed by atoms with Crippen LogP contribution in [0.15, 0.2) is 12.7 Å². The van der Waals surface area contributed by atoms with Crippen molar-refractivity contribution < 1.29 is 8.85 Å². The van der Waals surface area contributed by atoms with Gasteiger partial charge in [-0.1, -0.05) is 13.0 Å². The molecule has 12 heavy (non-hydrogen) atoms. The van der Waals surface area contributed by atoms with Gasteiger partial charge in [0.1, 0.15) is 0 Å². The van der Waals surface area contributed by atoms with Crippen LogP contribution in [0.3, 0.4) is 0 Å². The third-order valence-electron chi connectivity index (χ3n) is 1.62. The topological polar surface area (TPSA) is 18.5 Å². The molecular formula is C9H20O2Si. The van der Waals surface area contributed by atoms with Crippen LogP contribution in [0, 0.1) is 0 Å². The highest BCUT2D eigenvalue weighted by molar-refractivity contribution is 6.44. The molecule has 0 aliphatic heterocycles. The Morgan fingerprint density at radius 3 is 2.75 bits per heavy atom. The van der Waals surface area contributed by atoms with E-state index >= 15 is 0 Å². The monoisotopic (exact) mass is 188 g/mol. The minimum atomic E-state index is -1.31. The van der Waals surface area contributed by atoms with E-state index < -0.39 is 9.28 Å². The average Bonchev–Trinajstić information content (AvgIpc) is 2.11. The zero-order chi connectivity index (χ0) is 9.23. The van der Waals surface area contributed by atoms with Gasteiger partial charge in [0.25, 0.3) is 0 Å². The van der Waals surface area contributed by atoms with Crippen LogP contribution in [0.2, 0.25) is 6.04 Å². The average molecular weight is 188 g/mol. The summed E-state index contributed by atoms with van der Waals surface area (Å²) in [4.78, 5) is 0. The van der Waals surface area contributed by atoms with Crippen LogP contribution >= 0.6 is 0 Å². The van der Waals surface area contributed by atoms with Crippen LogP contribution in [0.4, 0.5) is 0 Å². The number of allylic oxidation sites excluding steroid dienone is 1. The number of hydrogen-bond donors (Lipinski definition) is 0. The van der Waals surface area contributed by atoms with E-state index in [2.05, 4.69) is 13.5 Å². The van der Waals surface area contributed by atoms with Gasteiger partial charge in [-0.15, -0.1) is 6.58 Å². The second-order valence-electron chi connectivity index (χ2n) is 2.76. The fraction of sp³-hybridized carbons (Fsp3) is 0.778. The van der Waals surface area contributed by atoms with Gasteiger partial charge in [-0.05, 0) is 25.3 Å². The number of rotatable bonds is 8. The van der Waals surface area contributed by atoms with Gasteiger partial charge in [-0.3, -0.25) is 0 Å². The Bertz CT molecular complexity index is 107. The van der Waals surface area contributed by atoms with Crippen LogP contribution < -0.4 is 0 Å². The second-order valence-corrected chi connectivity index (χ2v) is 5.00. The molecule has 0 spiro atoms. The predicted octanol–water partition coefficient (Wildman–Crippen LogP) is 2.25. The molecule has 0 aromatic heterocycles. The van der Waals surface area contributed by atoms with Gasteiger partial charge in [0.15, 0.2) is 0 Å². The van der Waals surface area contributed by atoms with Crippen molar-refractivity contribution in [3.05, 3.63) is 12.7 Å². The van der Waals surface area contributed by atoms with E-state index in [1.165, 1.54) is 0 Å². The Balaban J connectivity index is 3.32. The molecule has 0 aliphatic rings. The largest absolute Gasteiger partial charge is 0.400 e. The lowest BCUT2D eigenvalue weighted by Crippen LogP contribution is -2.21. The third-order valence-corrected chi connectivity index (χ3v) is 3.63. The zero-order valence-corrected chi connectivity index (χ0v) is 9.37. The van der Waals surface area contributed by atoms with E-state index in [-0.39, 0.29) is 0 Å². The van der Waals surface area contributed by atoms with Gasteiger partial charge < -0.3 is 8.85 Å². The van der Waals surface area contributed by atoms with Crippen molar-refractivity contribution >= 4 is 9.28 Å². The van der Waals surface area contributed by atoms with E-state index in [1.807, 2.05) is 6.08 Å². The first-order chi connectivity index (χ1) is 5.85. The van der Waals surface area contributed by atoms with E-state index in [1.54, 1.807) is 7.11 Å². The molecular weight excluding hydrogens is 168 g/mol. The predicted molar refractivity (Wildman–Crippen MR) is 54.6 cm³/mol. The van der Waals surface area contributed by atoms with Crippen molar-refractivity contribution in [3.63, 3.8) is 0 Å². The van der Waals surface area contributed by atoms with E-state index in [4.69, 9.17) is 8.85 Å². The van der Waals surface area contributed by atoms with Crippen molar-refractivity contribution in [3.8, 4) is 0 Å². The lowest BCUT2D eigenvalue weighted by molar-refractivity contribution is 0.228. The maximum Gasteiger partial charge on any atom is 0.321 e. The van der Waals surface area contributed by atoms with Crippen molar-refractivity contribution in [1.29, 1.82) is 0 Å². The minimum Gasteiger partial charge on any atom is -0.400 e. The highest BCUT2D eigenvalue weighted by atomic mass is 28.3. The lowest BCUT2D eigenvalue weighted by Gasteiger charge is -2.12. The summed E-state index contributed by atoms with van der Waals surface area (Å²) in [7, 11) is 0.440. The molecule has 0 saturated heterocycles. The van der Waals surface area contributed by atoms with Crippen LogP contribution in [0.25, 0.3) is 0 Å². The van der Waals surface area contributed by atoms with Crippen LogP contribution in [0.1, 0.15) is 26.2 Å². The molecule has 1 atom stereocenters. The van der Waals surface area contributed by atoms with Gasteiger partial charge >= 0.3 is 9.28 Å². The molecule has 0 aromatic rings. The van der Waals surface area contributed by atoms with Gasteiger partial charge in [0.2, 0.25) is 0 Å². The normalized spacial score (nSPS) is 12.8. The Morgan fingerprint density at radius 1 is 1.50 bits per heavy atom. The van der Waals surface area contributed by atoms with Crippen molar-refractivity contribution in [2.45, 2.75) is 32.2 Å². The van der Waals surface area contributed by atoms with Gasteiger partial charge in [-0.25, -0.2) is 0 Å². The molecule has 0 rings (SSSR count). The SMILES string of the molecule is C=CCCC[SiH](OC)OCCC. The number of unbranched alkanes of at least 4 members (excludes halogenated alkanes) is 1. The summed E-state index contributed by atoms with van der Waals surface area (Å²) in [5.41, 5.74) is 0. The summed E-state index contributed by atoms with van der Waals surface area (Å²) < 4.78 is 10.9. The first kappa shape index (κ1) is 11.9. The van der Waals surface area contributed by atoms with Crippen LogP contribution in [-0.2, 0) is 8.85 Å². The van der Waals surface area contributed by atoms with Crippen molar-refractivity contribution in [2.75, 3.05) is 13.7 Å². The molecule has 0 fully saturated rings. The van der Waals surface area contributed by atoms with Crippen LogP contribution in [0.5, 0.6) is 0 Å². The third kappa shape index (κ3) is 6.58. The summed E-state index contributed by atoms with van der Waals surface area (Å²) >= 11 is 0. The van der Waals surface area contributed by atoms with Crippen molar-refractivity contribution in [1.82, 2.24) is 0 Å². The summed E-state index contributed by atoms with van der Waals surface area (Å²) in [6, 6.07) is 1.10. The lowest BCUT2D eigenvalue weighted by atomic mass is 10.3. The molecule has 0 bridgehead atoms. The van der Waals surface area contributed by atoms with Gasteiger partial charge in [-0.2, -0.15) is 0 Å². The Labute approximate surface area is 77.4 Å². The molecule has 0 saturated carbocycles. The first-order valence-electron chi connectivity index (χ1n) is 4.60. The van der Waals surface area contributed by atoms with E-state index in [9.17, 15) is 0 Å². The minimum absolute atomic E-state index is 0.846. The number of hydrogen-bond acceptors (Lipinski definition) is 2. The highest BCUT2D eigenvalue weighted by Crippen LogP contribution is 2.04. The second kappa shape index (κ2) is 8.97. The van der Waals surface area contributed by atoms with Crippen LogP contribution in [-0.4, -0.2) is 23.0 Å². The molecule has 0 amide bonds. The Hall–Kier alpha value is -0.123. The molecule has 1 unspecified atom stereocenters. The smallest absolute Gasteiger partial charge is 0.321 e. The molecule has 0 radical (unpaired) electrons. The van der Waals surface area contributed by atoms with Crippen molar-refractivity contribution in [2.24, 2.45) is 0 Å². The summed E-state index contributed by atoms with van der Waals surface area (Å²) in [6.45, 7) is 6.64. The fourth-order valence-electron chi connectivity index (χ4n) is 0.947. The highest BCUT2D eigenvalue weighted by Gasteiger charge is 2.09. The first-order valence-corrected chi connectivity index (χ1v) is 6.36. The molecule has 0 aliphatic carbocycles. The summed E-state index contributed by atoms with van der Waals surface area (Å²) in [5, 5.41) is 0. The zero-order valence-electron chi connectivity index (χ0n) is 8.21. The van der Waals surface area contributed by atoms with E-state index in [0.29, 0.717) is 0 Å². The van der Waals surface area contributed by atoms with Gasteiger partial charge in [0, 0.05) is 13.7 Å². The molecule has 0 aromatic carbocycles. The summed E-state index contributed by atoms with van der Waals surface area (Å²) in [5.74, 6) is 0. The molecule has 0 heterocycles. The summed E-state index contributed by atoms with van der Waals surface area (Å²) in [6.07, 6.45) is 5.25. The quantitative estimate of drug-likeness (QED) is 0.330. The fourth-order valence-corrected chi connectivity index (χ4v) is 2.55. The molecule has 2 nitrogen and oxygen atoms in total. The molecule has 3 heteroatoms. The van der Waals surface area contributed by atoms with Gasteiger partial charge in [0.05, 0.1) is 0 Å².